The number of thiol groups is 1. The predicted octanol–water partition coefficient (Wildman–Crippen LogP) is 6.19. The summed E-state index contributed by atoms with van der Waals surface area (Å²) in [7, 11) is 3.56. The van der Waals surface area contributed by atoms with Gasteiger partial charge in [-0.15, -0.1) is 0 Å². The minimum atomic E-state index is -0.156. The summed E-state index contributed by atoms with van der Waals surface area (Å²) in [6, 6.07) is 16.5. The van der Waals surface area contributed by atoms with Gasteiger partial charge in [0.15, 0.2) is 34.5 Å². The van der Waals surface area contributed by atoms with Crippen molar-refractivity contribution < 1.29 is 29.5 Å². The summed E-state index contributed by atoms with van der Waals surface area (Å²) in [5, 5.41) is 35.3. The van der Waals surface area contributed by atoms with Gasteiger partial charge in [0.1, 0.15) is 12.4 Å². The number of nitrogens with zero attached hydrogens (tertiary/aromatic N) is 1. The van der Waals surface area contributed by atoms with Gasteiger partial charge in [-0.25, -0.2) is 0 Å². The van der Waals surface area contributed by atoms with E-state index in [-0.39, 0.29) is 35.7 Å². The Balaban J connectivity index is 1.26. The molecule has 0 aliphatic carbocycles. The van der Waals surface area contributed by atoms with E-state index in [1.807, 2.05) is 42.5 Å². The molecule has 0 bridgehead atoms. The lowest BCUT2D eigenvalue weighted by Crippen LogP contribution is -2.38. The van der Waals surface area contributed by atoms with Gasteiger partial charge in [-0.1, -0.05) is 24.8 Å². The maximum atomic E-state index is 10.9. The molecule has 9 heteroatoms. The van der Waals surface area contributed by atoms with Crippen LogP contribution in [0.25, 0.3) is 0 Å². The number of rotatable bonds is 10. The number of hydrogen-bond donors (Lipinski definition) is 5. The maximum absolute atomic E-state index is 10.9. The zero-order chi connectivity index (χ0) is 31.2. The fourth-order valence-electron chi connectivity index (χ4n) is 5.51. The molecule has 0 amide bonds. The lowest BCUT2D eigenvalue weighted by atomic mass is 9.89. The van der Waals surface area contributed by atoms with Gasteiger partial charge in [0.2, 0.25) is 0 Å². The van der Waals surface area contributed by atoms with Gasteiger partial charge in [0.05, 0.1) is 7.11 Å². The number of aliphatic hydroxyl groups excluding tert-OH is 1. The number of benzene rings is 3. The molecule has 1 fully saturated rings. The number of allylic oxidation sites excluding steroid dienone is 1. The minimum absolute atomic E-state index is 0.0576. The number of fused-ring (bicyclic) bond motifs is 1. The van der Waals surface area contributed by atoms with Gasteiger partial charge in [-0.05, 0) is 109 Å². The highest BCUT2D eigenvalue weighted by Crippen LogP contribution is 2.35. The summed E-state index contributed by atoms with van der Waals surface area (Å²) in [4.78, 5) is 2.22. The molecule has 232 valence electrons. The summed E-state index contributed by atoms with van der Waals surface area (Å²) in [6.07, 6.45) is 4.01. The smallest absolute Gasteiger partial charge is 0.172 e. The van der Waals surface area contributed by atoms with Crippen molar-refractivity contribution in [3.05, 3.63) is 112 Å². The second-order valence-corrected chi connectivity index (χ2v) is 11.6. The molecule has 0 aromatic heterocycles. The zero-order valence-electron chi connectivity index (χ0n) is 25.2. The number of aliphatic hydroxyl groups is 1. The summed E-state index contributed by atoms with van der Waals surface area (Å²) < 4.78 is 17.3. The van der Waals surface area contributed by atoms with E-state index in [0.717, 1.165) is 59.5 Å². The first-order chi connectivity index (χ1) is 21.2. The third kappa shape index (κ3) is 7.53. The standard InChI is InChI=1S/C35H40N2O6S/c1-22-25(17-33(41-3)32(40)20-42-34-18-27-19-37(2)13-11-26(27)16-31(34)39)10-12-36-29(22)14-24-6-9-30(38)35(15-24)43-28-7-4-23(21-44)5-8-28/h4-9,15-18,29,36,38-40,44H,1,10-14,19-21H2,2-3H3/b25-17-,33-32-/t29-/m1/s1. The minimum Gasteiger partial charge on any atom is -0.506 e. The largest absolute Gasteiger partial charge is 0.506 e. The molecule has 1 atom stereocenters. The van der Waals surface area contributed by atoms with Crippen LogP contribution in [0.4, 0.5) is 0 Å². The first-order valence-electron chi connectivity index (χ1n) is 14.7. The van der Waals surface area contributed by atoms with E-state index in [9.17, 15) is 15.3 Å². The van der Waals surface area contributed by atoms with Crippen molar-refractivity contribution in [1.82, 2.24) is 10.2 Å². The van der Waals surface area contributed by atoms with Crippen molar-refractivity contribution in [2.75, 3.05) is 33.9 Å². The van der Waals surface area contributed by atoms with Crippen LogP contribution in [0.1, 0.15) is 28.7 Å². The molecule has 4 N–H and O–H groups in total. The van der Waals surface area contributed by atoms with Crippen LogP contribution in [0.5, 0.6) is 28.7 Å². The number of nitrogens with one attached hydrogen (secondary N) is 1. The second kappa shape index (κ2) is 14.2. The van der Waals surface area contributed by atoms with Crippen molar-refractivity contribution >= 4 is 12.6 Å². The Hall–Kier alpha value is -4.05. The van der Waals surface area contributed by atoms with Crippen LogP contribution in [0.15, 0.2) is 89.9 Å². The molecule has 2 aliphatic heterocycles. The molecule has 44 heavy (non-hydrogen) atoms. The van der Waals surface area contributed by atoms with Gasteiger partial charge in [0, 0.05) is 24.9 Å². The Labute approximate surface area is 264 Å². The molecule has 2 heterocycles. The molecule has 5 rings (SSSR count). The Morgan fingerprint density at radius 3 is 2.55 bits per heavy atom. The molecule has 3 aromatic carbocycles. The Morgan fingerprint density at radius 1 is 1.02 bits per heavy atom. The number of methoxy groups -OCH3 is 1. The quantitative estimate of drug-likeness (QED) is 0.136. The van der Waals surface area contributed by atoms with Crippen LogP contribution in [-0.4, -0.2) is 60.1 Å². The molecule has 0 radical (unpaired) electrons. The predicted molar refractivity (Wildman–Crippen MR) is 175 cm³/mol. The van der Waals surface area contributed by atoms with E-state index in [0.29, 0.717) is 35.8 Å². The van der Waals surface area contributed by atoms with E-state index in [4.69, 9.17) is 14.2 Å². The van der Waals surface area contributed by atoms with Crippen molar-refractivity contribution in [1.29, 1.82) is 0 Å². The normalized spacial score (nSPS) is 18.5. The monoisotopic (exact) mass is 616 g/mol. The number of ether oxygens (including phenoxy) is 3. The van der Waals surface area contributed by atoms with Gasteiger partial charge in [-0.3, -0.25) is 0 Å². The lowest BCUT2D eigenvalue weighted by molar-refractivity contribution is 0.219. The van der Waals surface area contributed by atoms with Crippen LogP contribution >= 0.6 is 12.6 Å². The van der Waals surface area contributed by atoms with Crippen LogP contribution in [0.2, 0.25) is 0 Å². The molecule has 0 unspecified atom stereocenters. The highest BCUT2D eigenvalue weighted by molar-refractivity contribution is 7.79. The third-order valence-corrected chi connectivity index (χ3v) is 8.44. The highest BCUT2D eigenvalue weighted by Gasteiger charge is 2.23. The average molecular weight is 617 g/mol. The van der Waals surface area contributed by atoms with E-state index in [2.05, 4.69) is 36.5 Å². The van der Waals surface area contributed by atoms with E-state index in [1.165, 1.54) is 7.11 Å². The van der Waals surface area contributed by atoms with Gasteiger partial charge in [0.25, 0.3) is 0 Å². The maximum Gasteiger partial charge on any atom is 0.172 e. The van der Waals surface area contributed by atoms with Crippen molar-refractivity contribution in [2.45, 2.75) is 37.6 Å². The highest BCUT2D eigenvalue weighted by atomic mass is 32.1. The summed E-state index contributed by atoms with van der Waals surface area (Å²) in [5.74, 6) is 2.29. The van der Waals surface area contributed by atoms with Crippen LogP contribution in [0, 0.1) is 0 Å². The van der Waals surface area contributed by atoms with Gasteiger partial charge >= 0.3 is 0 Å². The number of likely N-dealkylation sites (N-methyl/N-ethyl adjacent to an activating group) is 1. The number of hydrogen-bond acceptors (Lipinski definition) is 9. The molecule has 3 aromatic rings. The Bertz CT molecular complexity index is 1570. The van der Waals surface area contributed by atoms with Crippen molar-refractivity contribution in [3.8, 4) is 28.7 Å². The summed E-state index contributed by atoms with van der Waals surface area (Å²) in [5.41, 5.74) is 6.11. The van der Waals surface area contributed by atoms with Crippen LogP contribution < -0.4 is 14.8 Å². The van der Waals surface area contributed by atoms with Crippen LogP contribution in [-0.2, 0) is 29.9 Å². The number of piperidine rings is 1. The molecule has 0 saturated carbocycles. The Kier molecular flexibility index (Phi) is 10.1. The fourth-order valence-corrected chi connectivity index (χ4v) is 5.72. The molecule has 8 nitrogen and oxygen atoms in total. The van der Waals surface area contributed by atoms with E-state index in [1.54, 1.807) is 18.2 Å². The van der Waals surface area contributed by atoms with E-state index >= 15 is 0 Å². The number of phenolic OH excluding ortho intramolecular Hbond substituents is 2. The number of aromatic hydroxyl groups is 2. The second-order valence-electron chi connectivity index (χ2n) is 11.2. The lowest BCUT2D eigenvalue weighted by Gasteiger charge is -2.29. The fraction of sp³-hybridized carbons (Fsp3) is 0.314. The zero-order valence-corrected chi connectivity index (χ0v) is 26.1. The van der Waals surface area contributed by atoms with Gasteiger partial charge < -0.3 is 39.7 Å². The molecule has 1 saturated heterocycles. The average Bonchev–Trinajstić information content (AvgIpc) is 3.02. The molecular formula is C35H40N2O6S. The summed E-state index contributed by atoms with van der Waals surface area (Å²) >= 11 is 4.29. The third-order valence-electron chi connectivity index (χ3n) is 8.07. The SMILES string of the molecule is C=C1/C(=C\C(OC)=C(\O)COc2cc3c(cc2O)CCN(C)C3)CCN[C@@H]1Cc1ccc(O)c(Oc2ccc(CS)cc2)c1. The summed E-state index contributed by atoms with van der Waals surface area (Å²) in [6.45, 7) is 6.64. The van der Waals surface area contributed by atoms with Crippen molar-refractivity contribution in [3.63, 3.8) is 0 Å². The topological polar surface area (TPSA) is 104 Å². The molecule has 2 aliphatic rings. The first kappa shape index (κ1) is 31.4. The molecule has 0 spiro atoms. The van der Waals surface area contributed by atoms with Gasteiger partial charge in [-0.2, -0.15) is 12.6 Å². The first-order valence-corrected chi connectivity index (χ1v) is 15.3. The number of phenols is 2. The van der Waals surface area contributed by atoms with Crippen LogP contribution in [0.3, 0.4) is 0 Å². The van der Waals surface area contributed by atoms with E-state index < -0.39 is 0 Å². The van der Waals surface area contributed by atoms with Crippen molar-refractivity contribution in [2.24, 2.45) is 0 Å². The Morgan fingerprint density at radius 2 is 1.80 bits per heavy atom. The molecular weight excluding hydrogens is 576 g/mol.